The predicted molar refractivity (Wildman–Crippen MR) is 108 cm³/mol. The first-order valence-corrected chi connectivity index (χ1v) is 9.96. The van der Waals surface area contributed by atoms with Crippen LogP contribution in [-0.2, 0) is 11.2 Å². The number of thiazole rings is 1. The van der Waals surface area contributed by atoms with E-state index in [4.69, 9.17) is 11.6 Å². The molecule has 1 heterocycles. The molecule has 134 valence electrons. The molecule has 0 aliphatic rings. The minimum Gasteiger partial charge on any atom is -0.349 e. The second kappa shape index (κ2) is 8.97. The highest BCUT2D eigenvalue weighted by molar-refractivity contribution is 7.13. The highest BCUT2D eigenvalue weighted by Gasteiger charge is 2.15. The third-order valence-electron chi connectivity index (χ3n) is 4.08. The Morgan fingerprint density at radius 1 is 1.19 bits per heavy atom. The predicted octanol–water partition coefficient (Wildman–Crippen LogP) is 5.66. The van der Waals surface area contributed by atoms with Crippen LogP contribution in [0.4, 0.5) is 0 Å². The minimum absolute atomic E-state index is 0.00440. The fourth-order valence-electron chi connectivity index (χ4n) is 2.85. The maximum atomic E-state index is 12.5. The molecule has 0 aliphatic carbocycles. The number of benzene rings is 2. The van der Waals surface area contributed by atoms with Crippen LogP contribution in [0.15, 0.2) is 60.0 Å². The van der Waals surface area contributed by atoms with Crippen LogP contribution in [0, 0.1) is 0 Å². The highest BCUT2D eigenvalue weighted by Crippen LogP contribution is 2.26. The average molecular weight is 385 g/mol. The number of carbonyl (C=O) groups excluding carboxylic acids is 1. The van der Waals surface area contributed by atoms with Crippen LogP contribution in [0.25, 0.3) is 10.6 Å². The van der Waals surface area contributed by atoms with Crippen LogP contribution >= 0.6 is 22.9 Å². The van der Waals surface area contributed by atoms with Crippen LogP contribution in [0.3, 0.4) is 0 Å². The molecule has 0 aliphatic heterocycles. The Bertz CT molecular complexity index is 863. The summed E-state index contributed by atoms with van der Waals surface area (Å²) in [5.74, 6) is -0.00440. The molecular formula is C21H21ClN2OS. The number of hydrogen-bond acceptors (Lipinski definition) is 3. The van der Waals surface area contributed by atoms with Gasteiger partial charge in [-0.05, 0) is 24.1 Å². The van der Waals surface area contributed by atoms with Gasteiger partial charge in [-0.2, -0.15) is 0 Å². The van der Waals surface area contributed by atoms with Crippen molar-refractivity contribution in [2.24, 2.45) is 0 Å². The van der Waals surface area contributed by atoms with E-state index in [1.165, 1.54) is 11.3 Å². The zero-order valence-corrected chi connectivity index (χ0v) is 16.2. The molecule has 0 saturated heterocycles. The summed E-state index contributed by atoms with van der Waals surface area (Å²) >= 11 is 7.57. The maximum absolute atomic E-state index is 12.5. The number of nitrogens with zero attached hydrogens (tertiary/aromatic N) is 1. The van der Waals surface area contributed by atoms with Crippen molar-refractivity contribution in [1.29, 1.82) is 0 Å². The average Bonchev–Trinajstić information content (AvgIpc) is 3.10. The second-order valence-corrected chi connectivity index (χ2v) is 7.45. The molecule has 0 bridgehead atoms. The SMILES string of the molecule is CCCC(NC(=O)Cc1csc(-c2cccc(Cl)c2)n1)c1ccccc1. The van der Waals surface area contributed by atoms with Crippen molar-refractivity contribution in [1.82, 2.24) is 10.3 Å². The van der Waals surface area contributed by atoms with E-state index in [0.29, 0.717) is 5.02 Å². The lowest BCUT2D eigenvalue weighted by Gasteiger charge is -2.18. The van der Waals surface area contributed by atoms with Gasteiger partial charge in [-0.1, -0.05) is 67.4 Å². The number of carbonyl (C=O) groups is 1. The van der Waals surface area contributed by atoms with Crippen molar-refractivity contribution in [3.63, 3.8) is 0 Å². The van der Waals surface area contributed by atoms with Crippen LogP contribution in [0.1, 0.15) is 37.1 Å². The first-order valence-electron chi connectivity index (χ1n) is 8.70. The number of rotatable bonds is 7. The molecule has 1 amide bonds. The topological polar surface area (TPSA) is 42.0 Å². The van der Waals surface area contributed by atoms with Gasteiger partial charge in [0.1, 0.15) is 5.01 Å². The lowest BCUT2D eigenvalue weighted by Crippen LogP contribution is -2.29. The Labute approximate surface area is 163 Å². The normalized spacial score (nSPS) is 11.9. The summed E-state index contributed by atoms with van der Waals surface area (Å²) in [4.78, 5) is 17.1. The van der Waals surface area contributed by atoms with Crippen LogP contribution in [-0.4, -0.2) is 10.9 Å². The van der Waals surface area contributed by atoms with Crippen LogP contribution in [0.2, 0.25) is 5.02 Å². The monoisotopic (exact) mass is 384 g/mol. The largest absolute Gasteiger partial charge is 0.349 e. The molecule has 2 aromatic carbocycles. The minimum atomic E-state index is -0.00440. The lowest BCUT2D eigenvalue weighted by atomic mass is 10.0. The van der Waals surface area contributed by atoms with E-state index in [0.717, 1.165) is 34.7 Å². The Balaban J connectivity index is 1.66. The van der Waals surface area contributed by atoms with Crippen molar-refractivity contribution < 1.29 is 4.79 Å². The number of halogens is 1. The fraction of sp³-hybridized carbons (Fsp3) is 0.238. The molecule has 0 spiro atoms. The summed E-state index contributed by atoms with van der Waals surface area (Å²) in [5, 5.41) is 6.64. The molecule has 3 nitrogen and oxygen atoms in total. The van der Waals surface area contributed by atoms with E-state index in [1.807, 2.05) is 47.8 Å². The van der Waals surface area contributed by atoms with E-state index in [9.17, 15) is 4.79 Å². The molecule has 0 fully saturated rings. The number of hydrogen-bond donors (Lipinski definition) is 1. The van der Waals surface area contributed by atoms with Crippen molar-refractivity contribution >= 4 is 28.8 Å². The Hall–Kier alpha value is -2.17. The zero-order valence-electron chi connectivity index (χ0n) is 14.6. The second-order valence-electron chi connectivity index (χ2n) is 6.15. The van der Waals surface area contributed by atoms with Crippen molar-refractivity contribution in [3.05, 3.63) is 76.3 Å². The third-order valence-corrected chi connectivity index (χ3v) is 5.25. The zero-order chi connectivity index (χ0) is 18.4. The van der Waals surface area contributed by atoms with Crippen LogP contribution < -0.4 is 5.32 Å². The molecule has 1 N–H and O–H groups in total. The van der Waals surface area contributed by atoms with Crippen molar-refractivity contribution in [3.8, 4) is 10.6 Å². The Morgan fingerprint density at radius 3 is 2.73 bits per heavy atom. The quantitative estimate of drug-likeness (QED) is 0.570. The summed E-state index contributed by atoms with van der Waals surface area (Å²) in [6.07, 6.45) is 2.21. The standard InChI is InChI=1S/C21H21ClN2OS/c1-2-7-19(15-8-4-3-5-9-15)24-20(25)13-18-14-26-21(23-18)16-10-6-11-17(22)12-16/h3-6,8-12,14,19H,2,7,13H2,1H3,(H,24,25). The Morgan fingerprint density at radius 2 is 2.00 bits per heavy atom. The summed E-state index contributed by atoms with van der Waals surface area (Å²) in [5.41, 5.74) is 2.90. The molecule has 0 radical (unpaired) electrons. The van der Waals surface area contributed by atoms with E-state index in [1.54, 1.807) is 0 Å². The van der Waals surface area contributed by atoms with E-state index in [2.05, 4.69) is 29.4 Å². The smallest absolute Gasteiger partial charge is 0.226 e. The highest BCUT2D eigenvalue weighted by atomic mass is 35.5. The van der Waals surface area contributed by atoms with Gasteiger partial charge in [0.25, 0.3) is 0 Å². The molecule has 1 atom stereocenters. The van der Waals surface area contributed by atoms with Gasteiger partial charge in [-0.3, -0.25) is 4.79 Å². The summed E-state index contributed by atoms with van der Waals surface area (Å²) in [6, 6.07) is 17.7. The molecule has 0 saturated carbocycles. The number of amides is 1. The summed E-state index contributed by atoms with van der Waals surface area (Å²) in [6.45, 7) is 2.12. The van der Waals surface area contributed by atoms with Gasteiger partial charge < -0.3 is 5.32 Å². The van der Waals surface area contributed by atoms with Gasteiger partial charge in [0.15, 0.2) is 0 Å². The number of nitrogens with one attached hydrogen (secondary N) is 1. The van der Waals surface area contributed by atoms with Gasteiger partial charge in [-0.15, -0.1) is 11.3 Å². The van der Waals surface area contributed by atoms with E-state index >= 15 is 0 Å². The van der Waals surface area contributed by atoms with Gasteiger partial charge in [0.05, 0.1) is 18.2 Å². The van der Waals surface area contributed by atoms with Crippen molar-refractivity contribution in [2.75, 3.05) is 0 Å². The summed E-state index contributed by atoms with van der Waals surface area (Å²) in [7, 11) is 0. The molecule has 1 unspecified atom stereocenters. The lowest BCUT2D eigenvalue weighted by molar-refractivity contribution is -0.121. The molecule has 26 heavy (non-hydrogen) atoms. The molecule has 3 rings (SSSR count). The fourth-order valence-corrected chi connectivity index (χ4v) is 3.86. The first kappa shape index (κ1) is 18.6. The first-order chi connectivity index (χ1) is 12.7. The van der Waals surface area contributed by atoms with Crippen molar-refractivity contribution in [2.45, 2.75) is 32.2 Å². The third kappa shape index (κ3) is 4.93. The summed E-state index contributed by atoms with van der Waals surface area (Å²) < 4.78 is 0. The van der Waals surface area contributed by atoms with E-state index in [-0.39, 0.29) is 18.4 Å². The Kier molecular flexibility index (Phi) is 6.42. The van der Waals surface area contributed by atoms with Gasteiger partial charge >= 0.3 is 0 Å². The van der Waals surface area contributed by atoms with E-state index < -0.39 is 0 Å². The number of aromatic nitrogens is 1. The molecular weight excluding hydrogens is 364 g/mol. The molecule has 5 heteroatoms. The van der Waals surface area contributed by atoms with Gasteiger partial charge in [0.2, 0.25) is 5.91 Å². The molecule has 3 aromatic rings. The van der Waals surface area contributed by atoms with Gasteiger partial charge in [-0.25, -0.2) is 4.98 Å². The van der Waals surface area contributed by atoms with Gasteiger partial charge in [0, 0.05) is 16.0 Å². The maximum Gasteiger partial charge on any atom is 0.226 e. The van der Waals surface area contributed by atoms with Crippen LogP contribution in [0.5, 0.6) is 0 Å². The molecule has 1 aromatic heterocycles.